The van der Waals surface area contributed by atoms with Crippen LogP contribution >= 0.6 is 0 Å². The second-order valence-electron chi connectivity index (χ2n) is 2.50. The molecule has 0 unspecified atom stereocenters. The van der Waals surface area contributed by atoms with Crippen molar-refractivity contribution < 1.29 is 10.5 Å². The summed E-state index contributed by atoms with van der Waals surface area (Å²) in [6, 6.07) is 0. The van der Waals surface area contributed by atoms with Crippen molar-refractivity contribution in [3.63, 3.8) is 0 Å². The number of aromatic nitrogens is 2. The van der Waals surface area contributed by atoms with E-state index in [9.17, 15) is 0 Å². The van der Waals surface area contributed by atoms with Gasteiger partial charge in [-0.25, -0.2) is 0 Å². The maximum atomic E-state index is 8.25. The second-order valence-corrected chi connectivity index (χ2v) is 2.50. The Bertz CT molecular complexity index is 341. The molecular weight excluding hydrogens is 190 g/mol. The summed E-state index contributed by atoms with van der Waals surface area (Å²) in [6.07, 6.45) is 0. The zero-order chi connectivity index (χ0) is 11.3. The highest BCUT2D eigenvalue weighted by molar-refractivity contribution is 5.92. The van der Waals surface area contributed by atoms with Crippen molar-refractivity contribution in [2.24, 2.45) is 5.73 Å². The van der Waals surface area contributed by atoms with E-state index < -0.39 is 5.09 Å². The first-order valence-electron chi connectivity index (χ1n) is 3.57. The van der Waals surface area contributed by atoms with Gasteiger partial charge in [-0.2, -0.15) is 5.10 Å². The third-order valence-electron chi connectivity index (χ3n) is 1.53. The molecular formula is C6H11N5O3. The molecule has 0 aliphatic heterocycles. The molecule has 0 atom stereocenters. The van der Waals surface area contributed by atoms with E-state index in [0.29, 0.717) is 5.69 Å². The normalized spacial score (nSPS) is 8.71. The monoisotopic (exact) mass is 201 g/mol. The van der Waals surface area contributed by atoms with Crippen molar-refractivity contribution >= 4 is 5.84 Å². The van der Waals surface area contributed by atoms with Gasteiger partial charge in [-0.3, -0.25) is 16.2 Å². The molecule has 0 spiro atoms. The first kappa shape index (κ1) is 11.9. The summed E-state index contributed by atoms with van der Waals surface area (Å²) >= 11 is 0. The first-order chi connectivity index (χ1) is 6.36. The minimum Gasteiger partial charge on any atom is -0.356 e. The van der Waals surface area contributed by atoms with Gasteiger partial charge < -0.3 is 15.3 Å². The van der Waals surface area contributed by atoms with Crippen molar-refractivity contribution in [2.45, 2.75) is 13.8 Å². The topological polar surface area (TPSA) is 146 Å². The van der Waals surface area contributed by atoms with E-state index in [4.69, 9.17) is 26.5 Å². The van der Waals surface area contributed by atoms with Crippen LogP contribution in [0.3, 0.4) is 0 Å². The van der Waals surface area contributed by atoms with Gasteiger partial charge in [-0.1, -0.05) is 0 Å². The summed E-state index contributed by atoms with van der Waals surface area (Å²) in [6.45, 7) is 3.85. The van der Waals surface area contributed by atoms with Crippen LogP contribution in [0, 0.1) is 29.2 Å². The average Bonchev–Trinajstić information content (AvgIpc) is 2.31. The van der Waals surface area contributed by atoms with Crippen molar-refractivity contribution in [3.05, 3.63) is 32.3 Å². The van der Waals surface area contributed by atoms with Crippen molar-refractivity contribution in [2.75, 3.05) is 0 Å². The van der Waals surface area contributed by atoms with Gasteiger partial charge in [0.15, 0.2) is 5.69 Å². The Morgan fingerprint density at radius 2 is 2.00 bits per heavy atom. The maximum absolute atomic E-state index is 8.25. The summed E-state index contributed by atoms with van der Waals surface area (Å²) in [4.78, 5) is 8.25. The Kier molecular flexibility index (Phi) is 4.07. The molecule has 0 fully saturated rings. The number of aromatic amines is 1. The van der Waals surface area contributed by atoms with Crippen molar-refractivity contribution in [1.82, 2.24) is 10.2 Å². The van der Waals surface area contributed by atoms with E-state index in [-0.39, 0.29) is 5.84 Å². The Morgan fingerprint density at radius 3 is 2.14 bits per heavy atom. The van der Waals surface area contributed by atoms with Gasteiger partial charge in [-0.15, -0.1) is 0 Å². The Morgan fingerprint density at radius 1 is 1.57 bits per heavy atom. The average molecular weight is 201 g/mol. The van der Waals surface area contributed by atoms with Crippen LogP contribution in [0.2, 0.25) is 0 Å². The lowest BCUT2D eigenvalue weighted by molar-refractivity contribution is -0.402. The first-order valence-corrected chi connectivity index (χ1v) is 3.57. The van der Waals surface area contributed by atoms with E-state index in [1.54, 1.807) is 0 Å². The zero-order valence-electron chi connectivity index (χ0n) is 7.77. The number of nitrogens with two attached hydrogens (primary N) is 2. The molecule has 78 valence electrons. The third-order valence-corrected chi connectivity index (χ3v) is 1.53. The number of aryl methyl sites for hydroxylation is 1. The van der Waals surface area contributed by atoms with Crippen LogP contribution in [0.25, 0.3) is 0 Å². The summed E-state index contributed by atoms with van der Waals surface area (Å²) in [5.74, 6) is 0.266. The van der Waals surface area contributed by atoms with E-state index >= 15 is 0 Å². The summed E-state index contributed by atoms with van der Waals surface area (Å²) in [5, 5.41) is 26.8. The van der Waals surface area contributed by atoms with Crippen LogP contribution in [0.1, 0.15) is 17.0 Å². The lowest BCUT2D eigenvalue weighted by Gasteiger charge is -1.86. The molecule has 0 amide bonds. The smallest absolute Gasteiger partial charge is 0.291 e. The molecule has 8 heteroatoms. The van der Waals surface area contributed by atoms with Crippen LogP contribution < -0.4 is 11.1 Å². The number of H-pyrrole nitrogens is 1. The summed E-state index contributed by atoms with van der Waals surface area (Å²) in [5.41, 5.74) is 8.02. The number of nitrogens with one attached hydrogen (secondary N) is 1. The van der Waals surface area contributed by atoms with Crippen LogP contribution in [-0.4, -0.2) is 21.1 Å². The van der Waals surface area contributed by atoms with E-state index in [1.165, 1.54) is 0 Å². The Balaban J connectivity index is 0.000000364. The van der Waals surface area contributed by atoms with Crippen LogP contribution in [0.4, 0.5) is 0 Å². The van der Waals surface area contributed by atoms with E-state index in [0.717, 1.165) is 11.3 Å². The molecule has 5 N–H and O–H groups in total. The molecule has 0 radical (unpaired) electrons. The SMILES string of the molecule is Cc1[nH]nc(C(N)=[NH2+])c1C.O=[N+]([O-])[O-]. The highest BCUT2D eigenvalue weighted by Crippen LogP contribution is 2.05. The van der Waals surface area contributed by atoms with Crippen molar-refractivity contribution in [3.8, 4) is 0 Å². The fourth-order valence-electron chi connectivity index (χ4n) is 0.766. The third kappa shape index (κ3) is 3.52. The maximum Gasteiger partial charge on any atom is 0.291 e. The molecule has 0 saturated carbocycles. The van der Waals surface area contributed by atoms with Crippen molar-refractivity contribution in [1.29, 1.82) is 0 Å². The molecule has 0 aliphatic rings. The number of amidine groups is 1. The van der Waals surface area contributed by atoms with Gasteiger partial charge in [0, 0.05) is 11.3 Å². The van der Waals surface area contributed by atoms with Gasteiger partial charge in [-0.05, 0) is 13.8 Å². The minimum atomic E-state index is -1.75. The van der Waals surface area contributed by atoms with Gasteiger partial charge in [0.1, 0.15) is 0 Å². The van der Waals surface area contributed by atoms with Gasteiger partial charge in [0.2, 0.25) is 0 Å². The molecule has 0 aliphatic carbocycles. The highest BCUT2D eigenvalue weighted by atomic mass is 16.9. The van der Waals surface area contributed by atoms with Gasteiger partial charge in [0.05, 0.1) is 5.09 Å². The lowest BCUT2D eigenvalue weighted by Crippen LogP contribution is -2.46. The molecule has 0 saturated heterocycles. The standard InChI is InChI=1S/C6H10N4.NO3/c1-3-4(2)9-10-5(3)6(7)8;2-1(3)4/h1-2H3,(H3,7,8)(H,9,10);/q;-1/p+1. The number of nitrogens with zero attached hydrogens (tertiary/aromatic N) is 2. The zero-order valence-corrected chi connectivity index (χ0v) is 7.77. The second kappa shape index (κ2) is 4.80. The van der Waals surface area contributed by atoms with Crippen LogP contribution in [0.15, 0.2) is 0 Å². The highest BCUT2D eigenvalue weighted by Gasteiger charge is 2.10. The molecule has 1 heterocycles. The molecule has 1 aromatic rings. The fraction of sp³-hybridized carbons (Fsp3) is 0.333. The van der Waals surface area contributed by atoms with Crippen LogP contribution in [0.5, 0.6) is 0 Å². The molecule has 8 nitrogen and oxygen atoms in total. The number of hydrogen-bond acceptors (Lipinski definition) is 4. The van der Waals surface area contributed by atoms with E-state index in [1.807, 2.05) is 13.8 Å². The quantitative estimate of drug-likeness (QED) is 0.213. The predicted octanol–water partition coefficient (Wildman–Crippen LogP) is -1.75. The Hall–Kier alpha value is -2.12. The van der Waals surface area contributed by atoms with Gasteiger partial charge >= 0.3 is 0 Å². The number of rotatable bonds is 1. The summed E-state index contributed by atoms with van der Waals surface area (Å²) in [7, 11) is 0. The minimum absolute atomic E-state index is 0.266. The molecule has 1 aromatic heterocycles. The number of hydrogen-bond donors (Lipinski definition) is 3. The lowest BCUT2D eigenvalue weighted by atomic mass is 10.2. The van der Waals surface area contributed by atoms with Gasteiger partial charge in [0.25, 0.3) is 5.84 Å². The van der Waals surface area contributed by atoms with Crippen LogP contribution in [-0.2, 0) is 0 Å². The Labute approximate surface area is 79.4 Å². The predicted molar refractivity (Wildman–Crippen MR) is 48.6 cm³/mol. The molecule has 1 rings (SSSR count). The summed E-state index contributed by atoms with van der Waals surface area (Å²) < 4.78 is 0. The molecule has 14 heavy (non-hydrogen) atoms. The molecule has 0 bridgehead atoms. The largest absolute Gasteiger partial charge is 0.356 e. The van der Waals surface area contributed by atoms with E-state index in [2.05, 4.69) is 10.2 Å². The fourth-order valence-corrected chi connectivity index (χ4v) is 0.766. The molecule has 0 aromatic carbocycles.